The first-order valence-electron chi connectivity index (χ1n) is 8.42. The van der Waals surface area contributed by atoms with Gasteiger partial charge in [-0.15, -0.1) is 0 Å². The molecule has 4 rings (SSSR count). The van der Waals surface area contributed by atoms with Crippen LogP contribution in [0.15, 0.2) is 22.8 Å². The Kier molecular flexibility index (Phi) is 3.99. The summed E-state index contributed by atoms with van der Waals surface area (Å²) in [4.78, 5) is 2.33. The van der Waals surface area contributed by atoms with E-state index in [1.807, 2.05) is 12.1 Å². The summed E-state index contributed by atoms with van der Waals surface area (Å²) in [6.45, 7) is 3.89. The molecule has 0 radical (unpaired) electrons. The lowest BCUT2D eigenvalue weighted by atomic mass is 9.83. The van der Waals surface area contributed by atoms with Crippen LogP contribution in [-0.2, 0) is 21.3 Å². The van der Waals surface area contributed by atoms with Crippen molar-refractivity contribution < 1.29 is 17.6 Å². The van der Waals surface area contributed by atoms with E-state index in [-0.39, 0.29) is 10.9 Å². The molecule has 23 heavy (non-hydrogen) atoms. The Labute approximate surface area is 137 Å². The van der Waals surface area contributed by atoms with Gasteiger partial charge in [-0.2, -0.15) is 0 Å². The van der Waals surface area contributed by atoms with E-state index in [0.29, 0.717) is 19.1 Å². The Hall–Kier alpha value is -0.890. The molecule has 0 amide bonds. The van der Waals surface area contributed by atoms with Crippen molar-refractivity contribution >= 4 is 10.0 Å². The molecular weight excluding hydrogens is 316 g/mol. The van der Waals surface area contributed by atoms with Crippen LogP contribution in [0.1, 0.15) is 31.4 Å². The molecule has 1 aromatic rings. The summed E-state index contributed by atoms with van der Waals surface area (Å²) in [6.07, 6.45) is 5.37. The predicted molar refractivity (Wildman–Crippen MR) is 85.3 cm³/mol. The number of hydrogen-bond donors (Lipinski definition) is 1. The Morgan fingerprint density at radius 2 is 2.13 bits per heavy atom. The minimum absolute atomic E-state index is 0.0154. The normalized spacial score (nSPS) is 27.9. The van der Waals surface area contributed by atoms with Crippen LogP contribution in [0, 0.1) is 5.92 Å². The third-order valence-corrected chi connectivity index (χ3v) is 7.07. The molecule has 0 bridgehead atoms. The second kappa shape index (κ2) is 5.88. The summed E-state index contributed by atoms with van der Waals surface area (Å²) in [5.74, 6) is 1.29. The van der Waals surface area contributed by atoms with Gasteiger partial charge < -0.3 is 9.15 Å². The summed E-state index contributed by atoms with van der Waals surface area (Å²) in [6, 6.07) is 3.91. The lowest BCUT2D eigenvalue weighted by Gasteiger charge is -2.52. The molecule has 0 aromatic carbocycles. The van der Waals surface area contributed by atoms with Crippen LogP contribution in [0.5, 0.6) is 0 Å². The van der Waals surface area contributed by atoms with E-state index in [9.17, 15) is 8.42 Å². The van der Waals surface area contributed by atoms with Gasteiger partial charge in [0.1, 0.15) is 5.76 Å². The molecule has 128 valence electrons. The maximum absolute atomic E-state index is 11.9. The Balaban J connectivity index is 1.20. The van der Waals surface area contributed by atoms with Crippen LogP contribution in [0.4, 0.5) is 0 Å². The Morgan fingerprint density at radius 3 is 2.74 bits per heavy atom. The quantitative estimate of drug-likeness (QED) is 0.846. The molecule has 1 N–H and O–H groups in total. The van der Waals surface area contributed by atoms with Crippen LogP contribution in [0.25, 0.3) is 0 Å². The minimum atomic E-state index is -3.07. The van der Waals surface area contributed by atoms with E-state index < -0.39 is 10.0 Å². The summed E-state index contributed by atoms with van der Waals surface area (Å²) >= 11 is 0. The zero-order valence-electron chi connectivity index (χ0n) is 13.2. The Morgan fingerprint density at radius 1 is 1.30 bits per heavy atom. The molecule has 0 unspecified atom stereocenters. The molecule has 1 spiro atoms. The number of likely N-dealkylation sites (tertiary alicyclic amines) is 1. The van der Waals surface area contributed by atoms with E-state index in [1.54, 1.807) is 6.26 Å². The second-order valence-corrected chi connectivity index (χ2v) is 9.26. The van der Waals surface area contributed by atoms with Crippen LogP contribution < -0.4 is 4.72 Å². The average Bonchev–Trinajstić information content (AvgIpc) is 3.25. The molecule has 1 aliphatic carbocycles. The van der Waals surface area contributed by atoms with Gasteiger partial charge in [0, 0.05) is 19.6 Å². The van der Waals surface area contributed by atoms with Gasteiger partial charge in [0.05, 0.1) is 30.3 Å². The van der Waals surface area contributed by atoms with Crippen LogP contribution in [-0.4, -0.2) is 50.4 Å². The first-order valence-corrected chi connectivity index (χ1v) is 9.97. The smallest absolute Gasteiger partial charge is 0.214 e. The summed E-state index contributed by atoms with van der Waals surface area (Å²) in [5.41, 5.74) is -0.0154. The van der Waals surface area contributed by atoms with Gasteiger partial charge in [-0.05, 0) is 43.7 Å². The predicted octanol–water partition coefficient (Wildman–Crippen LogP) is 1.34. The average molecular weight is 340 g/mol. The van der Waals surface area contributed by atoms with Crippen LogP contribution in [0.2, 0.25) is 0 Å². The first-order chi connectivity index (χ1) is 11.0. The van der Waals surface area contributed by atoms with Crippen LogP contribution >= 0.6 is 0 Å². The lowest BCUT2D eigenvalue weighted by molar-refractivity contribution is -0.181. The van der Waals surface area contributed by atoms with E-state index in [1.165, 1.54) is 0 Å². The van der Waals surface area contributed by atoms with Crippen molar-refractivity contribution in [3.63, 3.8) is 0 Å². The molecule has 1 saturated carbocycles. The van der Waals surface area contributed by atoms with Gasteiger partial charge >= 0.3 is 0 Å². The highest BCUT2D eigenvalue weighted by molar-refractivity contribution is 7.90. The largest absolute Gasteiger partial charge is 0.468 e. The Bertz CT molecular complexity index is 623. The zero-order chi connectivity index (χ0) is 15.9. The van der Waals surface area contributed by atoms with E-state index in [2.05, 4.69) is 9.62 Å². The second-order valence-electron chi connectivity index (χ2n) is 7.22. The maximum Gasteiger partial charge on any atom is 0.214 e. The third-order valence-electron chi connectivity index (χ3n) is 5.15. The van der Waals surface area contributed by atoms with Gasteiger partial charge in [0.2, 0.25) is 10.0 Å². The monoisotopic (exact) mass is 340 g/mol. The van der Waals surface area contributed by atoms with Crippen molar-refractivity contribution in [3.8, 4) is 0 Å². The lowest BCUT2D eigenvalue weighted by Crippen LogP contribution is -2.64. The number of nitrogens with zero attached hydrogens (tertiary/aromatic N) is 1. The molecule has 1 aromatic heterocycles. The number of rotatable bonds is 6. The number of sulfonamides is 1. The highest BCUT2D eigenvalue weighted by Gasteiger charge is 2.46. The van der Waals surface area contributed by atoms with Gasteiger partial charge in [-0.25, -0.2) is 13.1 Å². The topological polar surface area (TPSA) is 71.8 Å². The molecule has 1 atom stereocenters. The molecule has 2 saturated heterocycles. The molecule has 6 nitrogen and oxygen atoms in total. The number of hydrogen-bond acceptors (Lipinski definition) is 5. The summed E-state index contributed by atoms with van der Waals surface area (Å²) in [5, 5.41) is -0.139. The fraction of sp³-hybridized carbons (Fsp3) is 0.750. The molecule has 3 heterocycles. The number of furan rings is 1. The highest BCUT2D eigenvalue weighted by Crippen LogP contribution is 2.36. The van der Waals surface area contributed by atoms with E-state index >= 15 is 0 Å². The molecule has 3 fully saturated rings. The first kappa shape index (κ1) is 15.6. The molecular formula is C16H24N2O4S. The molecule has 7 heteroatoms. The summed E-state index contributed by atoms with van der Waals surface area (Å²) in [7, 11) is -3.07. The fourth-order valence-corrected chi connectivity index (χ4v) is 5.02. The third kappa shape index (κ3) is 3.47. The van der Waals surface area contributed by atoms with E-state index in [4.69, 9.17) is 9.15 Å². The van der Waals surface area contributed by atoms with Crippen molar-refractivity contribution in [2.75, 3.05) is 26.2 Å². The van der Waals surface area contributed by atoms with Gasteiger partial charge in [-0.3, -0.25) is 4.90 Å². The number of nitrogens with one attached hydrogen (secondary N) is 1. The fourth-order valence-electron chi connectivity index (χ4n) is 3.56. The SMILES string of the molecule is O=S(=O)(NC[C@@H]1CCC2(CN(Cc3ccco3)C2)OC1)C1CC1. The van der Waals surface area contributed by atoms with Crippen molar-refractivity contribution in [2.24, 2.45) is 5.92 Å². The number of ether oxygens (including phenoxy) is 1. The standard InChI is InChI=1S/C16H24N2O4S/c19-23(20,15-3-4-15)17-8-13-5-6-16(22-10-13)11-18(12-16)9-14-2-1-7-21-14/h1-2,7,13,15,17H,3-6,8-12H2/t13-/m0/s1. The highest BCUT2D eigenvalue weighted by atomic mass is 32.2. The van der Waals surface area contributed by atoms with Crippen LogP contribution in [0.3, 0.4) is 0 Å². The van der Waals surface area contributed by atoms with Gasteiger partial charge in [0.15, 0.2) is 0 Å². The maximum atomic E-state index is 11.9. The minimum Gasteiger partial charge on any atom is -0.468 e. The molecule has 3 aliphatic rings. The summed E-state index contributed by atoms with van der Waals surface area (Å²) < 4.78 is 37.9. The zero-order valence-corrected chi connectivity index (χ0v) is 14.1. The van der Waals surface area contributed by atoms with E-state index in [0.717, 1.165) is 51.1 Å². The molecule has 2 aliphatic heterocycles. The van der Waals surface area contributed by atoms with Crippen molar-refractivity contribution in [1.82, 2.24) is 9.62 Å². The van der Waals surface area contributed by atoms with Gasteiger partial charge in [-0.1, -0.05) is 0 Å². The van der Waals surface area contributed by atoms with Crippen molar-refractivity contribution in [2.45, 2.75) is 43.1 Å². The van der Waals surface area contributed by atoms with Gasteiger partial charge in [0.25, 0.3) is 0 Å². The van der Waals surface area contributed by atoms with Crippen molar-refractivity contribution in [3.05, 3.63) is 24.2 Å². The van der Waals surface area contributed by atoms with Crippen molar-refractivity contribution in [1.29, 1.82) is 0 Å².